The van der Waals surface area contributed by atoms with Crippen molar-refractivity contribution in [3.8, 4) is 0 Å². The molecule has 0 aromatic heterocycles. The summed E-state index contributed by atoms with van der Waals surface area (Å²) >= 11 is 0. The van der Waals surface area contributed by atoms with Crippen LogP contribution in [0.15, 0.2) is 10.4 Å². The molecule has 0 saturated heterocycles. The molecule has 34 valence electrons. The van der Waals surface area contributed by atoms with Gasteiger partial charge in [0.1, 0.15) is 6.67 Å². The van der Waals surface area contributed by atoms with Gasteiger partial charge in [-0.3, -0.25) is 5.43 Å². The Morgan fingerprint density at radius 3 is 2.67 bits per heavy atom. The van der Waals surface area contributed by atoms with E-state index in [-0.39, 0.29) is 6.67 Å². The molecule has 0 aliphatic heterocycles. The third kappa shape index (κ3) is 3.00. The van der Waals surface area contributed by atoms with Gasteiger partial charge >= 0.3 is 0 Å². The highest BCUT2D eigenvalue weighted by Crippen LogP contribution is 1.55. The van der Waals surface area contributed by atoms with Gasteiger partial charge in [0.2, 0.25) is 0 Å². The smallest absolute Gasteiger partial charge is 0.147 e. The normalized spacial score (nSPS) is 6.67. The van der Waals surface area contributed by atoms with Gasteiger partial charge in [-0.1, -0.05) is 0 Å². The molecule has 0 amide bonds. The summed E-state index contributed by atoms with van der Waals surface area (Å²) in [6.07, 6.45) is 0. The van der Waals surface area contributed by atoms with E-state index < -0.39 is 0 Å². The Kier molecular flexibility index (Phi) is 3.33. The monoisotopic (exact) mass is 88.0 g/mol. The average Bonchev–Trinajstić information content (AvgIpc) is 1.61. The summed E-state index contributed by atoms with van der Waals surface area (Å²) in [5.41, 5.74) is 7.98. The highest BCUT2D eigenvalue weighted by atomic mass is 16.3. The summed E-state index contributed by atoms with van der Waals surface area (Å²) in [5, 5.41) is 4.98. The van der Waals surface area contributed by atoms with Gasteiger partial charge < -0.3 is 0 Å². The molecule has 0 spiro atoms. The van der Waals surface area contributed by atoms with Crippen LogP contribution in [-0.2, 0) is 0 Å². The molecule has 0 bridgehead atoms. The van der Waals surface area contributed by atoms with E-state index in [1.165, 1.54) is 0 Å². The van der Waals surface area contributed by atoms with Gasteiger partial charge in [0.15, 0.2) is 0 Å². The minimum absolute atomic E-state index is 0.0243. The van der Waals surface area contributed by atoms with E-state index in [4.69, 9.17) is 10.4 Å². The van der Waals surface area contributed by atoms with Crippen molar-refractivity contribution in [3.63, 3.8) is 0 Å². The van der Waals surface area contributed by atoms with Crippen LogP contribution in [0.25, 0.3) is 0 Å². The number of rotatable bonds is 3. The Labute approximate surface area is 34.2 Å². The molecule has 0 fully saturated rings. The van der Waals surface area contributed by atoms with E-state index in [9.17, 15) is 0 Å². The van der Waals surface area contributed by atoms with Crippen molar-refractivity contribution >= 4 is 0 Å². The molecular weight excluding hydrogens is 84.0 g/mol. The van der Waals surface area contributed by atoms with Gasteiger partial charge in [-0.2, -0.15) is 5.11 Å². The Morgan fingerprint density at radius 2 is 2.50 bits per heavy atom. The maximum Gasteiger partial charge on any atom is 0.147 e. The van der Waals surface area contributed by atoms with Gasteiger partial charge in [-0.05, 0) is 0 Å². The summed E-state index contributed by atoms with van der Waals surface area (Å²) in [6, 6.07) is 0. The second-order valence-corrected chi connectivity index (χ2v) is 0.566. The van der Waals surface area contributed by atoms with E-state index in [1.807, 2.05) is 5.43 Å². The molecule has 0 rings (SSSR count). The molecule has 5 heteroatoms. The molecule has 0 aromatic rings. The first-order valence-corrected chi connectivity index (χ1v) is 1.30. The second-order valence-electron chi connectivity index (χ2n) is 0.566. The van der Waals surface area contributed by atoms with Crippen LogP contribution in [0.4, 0.5) is 0 Å². The summed E-state index contributed by atoms with van der Waals surface area (Å²) in [6.45, 7) is -0.0243. The fourth-order valence-corrected chi connectivity index (χ4v) is 0.0642. The highest BCUT2D eigenvalue weighted by molar-refractivity contribution is 4.22. The predicted molar refractivity (Wildman–Crippen MR) is 18.9 cm³/mol. The quantitative estimate of drug-likeness (QED) is 0.224. The first-order valence-electron chi connectivity index (χ1n) is 1.30. The Balaban J connectivity index is 2.66. The fourth-order valence-electron chi connectivity index (χ4n) is 0.0642. The van der Waals surface area contributed by atoms with Gasteiger partial charge in [-0.25, -0.2) is 5.53 Å². The Hall–Kier alpha value is -1.00. The third-order valence-electron chi connectivity index (χ3n) is 0.214. The third-order valence-corrected chi connectivity index (χ3v) is 0.214. The lowest BCUT2D eigenvalue weighted by atomic mass is 11.2. The van der Waals surface area contributed by atoms with Crippen LogP contribution in [0.2, 0.25) is 0 Å². The van der Waals surface area contributed by atoms with Crippen LogP contribution >= 0.6 is 0 Å². The number of nitrogens with one attached hydrogen (secondary N) is 2. The summed E-state index contributed by atoms with van der Waals surface area (Å²) < 4.78 is 0. The number of nitrogens with zero attached hydrogens (tertiary/aromatic N) is 2. The molecular formula is CH4N4O. The lowest BCUT2D eigenvalue weighted by molar-refractivity contribution is 0.711. The van der Waals surface area contributed by atoms with Crippen LogP contribution in [0.5, 0.6) is 0 Å². The topological polar surface area (TPSA) is 77.7 Å². The van der Waals surface area contributed by atoms with Crippen molar-refractivity contribution in [2.45, 2.75) is 0 Å². The number of hydrogen-bond donors (Lipinski definition) is 2. The van der Waals surface area contributed by atoms with Crippen molar-refractivity contribution < 1.29 is 0 Å². The van der Waals surface area contributed by atoms with Crippen LogP contribution < -0.4 is 5.43 Å². The van der Waals surface area contributed by atoms with Gasteiger partial charge in [-0.15, -0.1) is 4.91 Å². The molecule has 0 unspecified atom stereocenters. The van der Waals surface area contributed by atoms with E-state index in [0.717, 1.165) is 0 Å². The van der Waals surface area contributed by atoms with Crippen molar-refractivity contribution in [2.24, 2.45) is 10.4 Å². The van der Waals surface area contributed by atoms with Crippen molar-refractivity contribution in [3.05, 3.63) is 4.91 Å². The zero-order valence-corrected chi connectivity index (χ0v) is 3.01. The second kappa shape index (κ2) is 4.00. The van der Waals surface area contributed by atoms with Crippen molar-refractivity contribution in [1.29, 1.82) is 5.53 Å². The highest BCUT2D eigenvalue weighted by Gasteiger charge is 1.66. The molecule has 0 aliphatic carbocycles. The Morgan fingerprint density at radius 1 is 1.83 bits per heavy atom. The van der Waals surface area contributed by atoms with Crippen LogP contribution in [0.1, 0.15) is 0 Å². The van der Waals surface area contributed by atoms with Crippen molar-refractivity contribution in [1.82, 2.24) is 5.43 Å². The standard InChI is InChI=1S/CH4N4O/c2-3-1-4-5-6/h2H,1H2,(H,4,6). The summed E-state index contributed by atoms with van der Waals surface area (Å²) in [4.78, 5) is 9.06. The molecule has 6 heavy (non-hydrogen) atoms. The molecule has 2 N–H and O–H groups in total. The lowest BCUT2D eigenvalue weighted by Crippen LogP contribution is -2.00. The minimum Gasteiger partial charge on any atom is -0.251 e. The SMILES string of the molecule is N=NCNN=O. The average molecular weight is 88.1 g/mol. The van der Waals surface area contributed by atoms with Gasteiger partial charge in [0.05, 0.1) is 5.29 Å². The van der Waals surface area contributed by atoms with Crippen molar-refractivity contribution in [2.75, 3.05) is 6.67 Å². The van der Waals surface area contributed by atoms with E-state index in [0.29, 0.717) is 0 Å². The molecule has 0 aromatic carbocycles. The maximum atomic E-state index is 9.06. The zero-order valence-electron chi connectivity index (χ0n) is 3.01. The molecule has 0 atom stereocenters. The first kappa shape index (κ1) is 5.00. The lowest BCUT2D eigenvalue weighted by Gasteiger charge is -1.78. The molecule has 0 aliphatic rings. The van der Waals surface area contributed by atoms with Crippen LogP contribution in [0.3, 0.4) is 0 Å². The van der Waals surface area contributed by atoms with E-state index in [1.54, 1.807) is 0 Å². The number of hydrogen-bond acceptors (Lipinski definition) is 4. The summed E-state index contributed by atoms with van der Waals surface area (Å²) in [5.74, 6) is 0. The molecule has 5 nitrogen and oxygen atoms in total. The molecule has 0 heterocycles. The number of nitroso groups, excluding NO2 is 1. The van der Waals surface area contributed by atoms with Gasteiger partial charge in [0.25, 0.3) is 0 Å². The predicted octanol–water partition coefficient (Wildman–Crippen LogP) is 0.246. The maximum absolute atomic E-state index is 9.06. The van der Waals surface area contributed by atoms with E-state index in [2.05, 4.69) is 10.4 Å². The van der Waals surface area contributed by atoms with Crippen LogP contribution in [0, 0.1) is 10.4 Å². The Bertz CT molecular complexity index is 43.5. The van der Waals surface area contributed by atoms with E-state index >= 15 is 0 Å². The molecule has 0 saturated carbocycles. The fraction of sp³-hybridized carbons (Fsp3) is 1.00. The summed E-state index contributed by atoms with van der Waals surface area (Å²) in [7, 11) is 0. The van der Waals surface area contributed by atoms with Crippen LogP contribution in [-0.4, -0.2) is 6.67 Å². The first-order chi connectivity index (χ1) is 2.91. The largest absolute Gasteiger partial charge is 0.251 e. The zero-order chi connectivity index (χ0) is 4.83. The molecule has 0 radical (unpaired) electrons. The minimum atomic E-state index is -0.0243. The van der Waals surface area contributed by atoms with Gasteiger partial charge in [0, 0.05) is 0 Å².